The largest absolute Gasteiger partial charge is 0.499 e. The minimum Gasteiger partial charge on any atom is -0.442 e. The van der Waals surface area contributed by atoms with E-state index in [-0.39, 0.29) is 0 Å². The fourth-order valence-corrected chi connectivity index (χ4v) is 25.5. The smallest absolute Gasteiger partial charge is 0.442 e. The molecule has 0 spiro atoms. The third-order valence-corrected chi connectivity index (χ3v) is 24.2. The molecule has 1 heterocycles. The second kappa shape index (κ2) is 8.63. The van der Waals surface area contributed by atoms with Gasteiger partial charge in [0.2, 0.25) is 0 Å². The molecule has 4 unspecified atom stereocenters. The summed E-state index contributed by atoms with van der Waals surface area (Å²) in [5, 5.41) is 0. The van der Waals surface area contributed by atoms with E-state index in [1.54, 1.807) is 21.3 Å². The van der Waals surface area contributed by atoms with Crippen LogP contribution in [0.1, 0.15) is 0 Å². The summed E-state index contributed by atoms with van der Waals surface area (Å²) < 4.78 is 35.1. The van der Waals surface area contributed by atoms with Crippen molar-refractivity contribution < 1.29 is 25.6 Å². The van der Waals surface area contributed by atoms with E-state index >= 15 is 0 Å². The maximum atomic E-state index is 6.45. The highest BCUT2D eigenvalue weighted by Crippen LogP contribution is 2.29. The van der Waals surface area contributed by atoms with Crippen molar-refractivity contribution in [2.24, 2.45) is 0 Å². The first-order valence-corrected chi connectivity index (χ1v) is 18.8. The van der Waals surface area contributed by atoms with Gasteiger partial charge in [0.05, 0.1) is 0 Å². The van der Waals surface area contributed by atoms with E-state index in [0.717, 1.165) is 17.8 Å². The molecular formula is C10H30O6Si5. The van der Waals surface area contributed by atoms with Crippen LogP contribution >= 0.6 is 0 Å². The van der Waals surface area contributed by atoms with Crippen molar-refractivity contribution in [2.75, 3.05) is 21.3 Å². The van der Waals surface area contributed by atoms with E-state index in [4.69, 9.17) is 25.6 Å². The van der Waals surface area contributed by atoms with Gasteiger partial charge in [-0.3, -0.25) is 0 Å². The average Bonchev–Trinajstić information content (AvgIpc) is 2.38. The average molecular weight is 387 g/mol. The number of rotatable bonds is 6. The first-order valence-electron chi connectivity index (χ1n) is 7.42. The molecule has 0 radical (unpaired) electrons. The second-order valence-electron chi connectivity index (χ2n) is 5.79. The molecule has 6 nitrogen and oxygen atoms in total. The number of hydrogen-bond acceptors (Lipinski definition) is 6. The van der Waals surface area contributed by atoms with Gasteiger partial charge in [0.25, 0.3) is 18.6 Å². The van der Waals surface area contributed by atoms with Crippen LogP contribution in [-0.4, -0.2) is 66.1 Å². The van der Waals surface area contributed by atoms with E-state index in [0.29, 0.717) is 0 Å². The Kier molecular flexibility index (Phi) is 8.17. The van der Waals surface area contributed by atoms with Gasteiger partial charge in [-0.2, -0.15) is 0 Å². The second-order valence-corrected chi connectivity index (χ2v) is 20.9. The fraction of sp³-hybridized carbons (Fsp3) is 1.00. The van der Waals surface area contributed by atoms with Crippen molar-refractivity contribution in [1.82, 2.24) is 0 Å². The summed E-state index contributed by atoms with van der Waals surface area (Å²) in [6.07, 6.45) is 0. The molecule has 126 valence electrons. The van der Waals surface area contributed by atoms with Crippen LogP contribution in [0.4, 0.5) is 0 Å². The highest BCUT2D eigenvalue weighted by molar-refractivity contribution is 6.89. The third-order valence-electron chi connectivity index (χ3n) is 3.87. The van der Waals surface area contributed by atoms with Crippen molar-refractivity contribution >= 4 is 44.7 Å². The molecule has 0 aliphatic carbocycles. The molecule has 0 amide bonds. The highest BCUT2D eigenvalue weighted by atomic mass is 28.5. The van der Waals surface area contributed by atoms with Gasteiger partial charge in [0, 0.05) is 27.4 Å². The van der Waals surface area contributed by atoms with Gasteiger partial charge >= 0.3 is 8.80 Å². The van der Waals surface area contributed by atoms with Gasteiger partial charge in [-0.15, -0.1) is 0 Å². The summed E-state index contributed by atoms with van der Waals surface area (Å²) in [4.78, 5) is 0. The summed E-state index contributed by atoms with van der Waals surface area (Å²) in [7, 11) is -3.61. The molecule has 0 aromatic heterocycles. The lowest BCUT2D eigenvalue weighted by molar-refractivity contribution is 0.124. The molecule has 1 aliphatic rings. The molecule has 4 atom stereocenters. The molecule has 0 N–H and O–H groups in total. The van der Waals surface area contributed by atoms with Crippen LogP contribution in [0.2, 0.25) is 43.9 Å². The molecule has 1 saturated heterocycles. The molecule has 1 fully saturated rings. The Balaban J connectivity index is 2.73. The Bertz CT molecular complexity index is 296. The summed E-state index contributed by atoms with van der Waals surface area (Å²) in [6.45, 7) is 8.78. The normalized spacial score (nSPS) is 35.3. The van der Waals surface area contributed by atoms with Gasteiger partial charge in [0.1, 0.15) is 0 Å². The van der Waals surface area contributed by atoms with Crippen molar-refractivity contribution in [3.05, 3.63) is 0 Å². The Morgan fingerprint density at radius 2 is 1.57 bits per heavy atom. The quantitative estimate of drug-likeness (QED) is 0.637. The monoisotopic (exact) mass is 386 g/mol. The van der Waals surface area contributed by atoms with Gasteiger partial charge in [0.15, 0.2) is 17.4 Å². The van der Waals surface area contributed by atoms with E-state index in [2.05, 4.69) is 26.2 Å². The molecule has 21 heavy (non-hydrogen) atoms. The topological polar surface area (TPSA) is 55.4 Å². The van der Waals surface area contributed by atoms with Crippen molar-refractivity contribution in [3.63, 3.8) is 0 Å². The first-order chi connectivity index (χ1) is 9.78. The highest BCUT2D eigenvalue weighted by Gasteiger charge is 2.44. The van der Waals surface area contributed by atoms with Crippen molar-refractivity contribution in [2.45, 2.75) is 43.9 Å². The van der Waals surface area contributed by atoms with Crippen LogP contribution < -0.4 is 0 Å². The Hall–Kier alpha value is 0.844. The van der Waals surface area contributed by atoms with Crippen LogP contribution in [0.3, 0.4) is 0 Å². The zero-order valence-corrected chi connectivity index (χ0v) is 19.8. The maximum Gasteiger partial charge on any atom is 0.499 e. The predicted octanol–water partition coefficient (Wildman–Crippen LogP) is 1.10. The number of hydrogen-bond donors (Lipinski definition) is 0. The molecule has 0 saturated carbocycles. The summed E-state index contributed by atoms with van der Waals surface area (Å²) >= 11 is 0. The van der Waals surface area contributed by atoms with Gasteiger partial charge in [-0.1, -0.05) is 0 Å². The van der Waals surface area contributed by atoms with Crippen LogP contribution in [0.15, 0.2) is 0 Å². The molecule has 11 heteroatoms. The zero-order chi connectivity index (χ0) is 16.1. The molecule has 1 aliphatic heterocycles. The summed E-state index contributed by atoms with van der Waals surface area (Å²) in [6, 6.07) is 1.78. The lowest BCUT2D eigenvalue weighted by Crippen LogP contribution is -2.52. The SMILES string of the molecule is CO[Si](CC[Si]1(C)C[SiH](C)O[SiH](C)O[SiH](C)O1)(OC)OC. The molecule has 0 aromatic carbocycles. The Labute approximate surface area is 136 Å². The lowest BCUT2D eigenvalue weighted by atomic mass is 10.9. The maximum absolute atomic E-state index is 6.45. The summed E-state index contributed by atoms with van der Waals surface area (Å²) in [5.74, 6) is 0. The van der Waals surface area contributed by atoms with Crippen LogP contribution in [-0.2, 0) is 25.6 Å². The van der Waals surface area contributed by atoms with E-state index < -0.39 is 44.7 Å². The minimum absolute atomic E-state index is 0.800. The van der Waals surface area contributed by atoms with Crippen LogP contribution in [0.5, 0.6) is 0 Å². The lowest BCUT2D eigenvalue weighted by Gasteiger charge is -2.38. The summed E-state index contributed by atoms with van der Waals surface area (Å²) in [5.41, 5.74) is 1.13. The predicted molar refractivity (Wildman–Crippen MR) is 95.1 cm³/mol. The molecule has 0 bridgehead atoms. The van der Waals surface area contributed by atoms with Gasteiger partial charge < -0.3 is 25.6 Å². The van der Waals surface area contributed by atoms with Crippen molar-refractivity contribution in [1.29, 1.82) is 0 Å². The van der Waals surface area contributed by atoms with Crippen LogP contribution in [0.25, 0.3) is 0 Å². The van der Waals surface area contributed by atoms with Crippen molar-refractivity contribution in [3.8, 4) is 0 Å². The van der Waals surface area contributed by atoms with E-state index in [1.165, 1.54) is 0 Å². The Morgan fingerprint density at radius 3 is 2.10 bits per heavy atom. The van der Waals surface area contributed by atoms with E-state index in [9.17, 15) is 0 Å². The zero-order valence-electron chi connectivity index (χ0n) is 14.3. The fourth-order valence-electron chi connectivity index (χ4n) is 2.90. The molecule has 1 rings (SSSR count). The van der Waals surface area contributed by atoms with E-state index in [1.807, 2.05) is 0 Å². The molecular weight excluding hydrogens is 357 g/mol. The minimum atomic E-state index is -2.52. The third kappa shape index (κ3) is 6.10. The van der Waals surface area contributed by atoms with Gasteiger partial charge in [-0.25, -0.2) is 0 Å². The van der Waals surface area contributed by atoms with Crippen LogP contribution in [0, 0.1) is 0 Å². The standard InChI is InChI=1S/C10H30O6Si5/c1-11-21(12-2,13-3)9-8-20(7)10-17(4)14-18(5)15-19(6)16-20/h17-19H,8-10H2,1-7H3. The molecule has 0 aromatic rings. The first kappa shape index (κ1) is 19.9. The Morgan fingerprint density at radius 1 is 1.00 bits per heavy atom. The van der Waals surface area contributed by atoms with Gasteiger partial charge in [-0.05, 0) is 37.9 Å².